The molecule has 0 radical (unpaired) electrons. The van der Waals surface area contributed by atoms with Crippen LogP contribution in [0.15, 0.2) is 34.9 Å². The molecule has 0 N–H and O–H groups in total. The quantitative estimate of drug-likeness (QED) is 0.661. The zero-order valence-corrected chi connectivity index (χ0v) is 7.32. The standard InChI is InChI=1S/C11H9NO/c1-8(6-12)10-7-13-11-5-3-2-4-9(10)11/h2-5,7-8H,1H3. The van der Waals surface area contributed by atoms with Gasteiger partial charge in [-0.25, -0.2) is 0 Å². The third-order valence-corrected chi connectivity index (χ3v) is 2.17. The number of hydrogen-bond donors (Lipinski definition) is 0. The summed E-state index contributed by atoms with van der Waals surface area (Å²) in [6, 6.07) is 9.95. The summed E-state index contributed by atoms with van der Waals surface area (Å²) in [5.41, 5.74) is 1.82. The molecule has 0 aliphatic rings. The number of nitrogens with zero attached hydrogens (tertiary/aromatic N) is 1. The van der Waals surface area contributed by atoms with Gasteiger partial charge in [0.25, 0.3) is 0 Å². The van der Waals surface area contributed by atoms with Gasteiger partial charge in [0.05, 0.1) is 18.3 Å². The van der Waals surface area contributed by atoms with Crippen LogP contribution in [0, 0.1) is 11.3 Å². The summed E-state index contributed by atoms with van der Waals surface area (Å²) in [5.74, 6) is -0.108. The second kappa shape index (κ2) is 2.95. The Morgan fingerprint density at radius 3 is 2.92 bits per heavy atom. The van der Waals surface area contributed by atoms with Gasteiger partial charge in [0.15, 0.2) is 0 Å². The molecule has 0 spiro atoms. The first-order valence-electron chi connectivity index (χ1n) is 4.18. The Bertz CT molecular complexity index is 464. The molecule has 2 nitrogen and oxygen atoms in total. The molecule has 64 valence electrons. The maximum absolute atomic E-state index is 8.77. The lowest BCUT2D eigenvalue weighted by Gasteiger charge is -1.96. The molecule has 13 heavy (non-hydrogen) atoms. The van der Waals surface area contributed by atoms with Crippen LogP contribution >= 0.6 is 0 Å². The van der Waals surface area contributed by atoms with E-state index in [1.807, 2.05) is 31.2 Å². The van der Waals surface area contributed by atoms with Gasteiger partial charge in [0.2, 0.25) is 0 Å². The third kappa shape index (κ3) is 1.19. The Balaban J connectivity index is 2.66. The molecule has 1 aromatic carbocycles. The lowest BCUT2D eigenvalue weighted by molar-refractivity contribution is 0.609. The van der Waals surface area contributed by atoms with Gasteiger partial charge in [-0.05, 0) is 13.0 Å². The van der Waals surface area contributed by atoms with Crippen molar-refractivity contribution in [3.8, 4) is 6.07 Å². The number of benzene rings is 1. The Labute approximate surface area is 76.4 Å². The molecule has 2 rings (SSSR count). The van der Waals surface area contributed by atoms with E-state index < -0.39 is 0 Å². The highest BCUT2D eigenvalue weighted by Crippen LogP contribution is 2.26. The van der Waals surface area contributed by atoms with Gasteiger partial charge in [0, 0.05) is 10.9 Å². The van der Waals surface area contributed by atoms with Crippen molar-refractivity contribution in [3.05, 3.63) is 36.1 Å². The SMILES string of the molecule is CC(C#N)c1coc2ccccc12. The maximum Gasteiger partial charge on any atom is 0.134 e. The predicted molar refractivity (Wildman–Crippen MR) is 50.2 cm³/mol. The van der Waals surface area contributed by atoms with Crippen LogP contribution in [-0.2, 0) is 0 Å². The molecule has 0 amide bonds. The molecule has 0 aliphatic carbocycles. The molecule has 0 aliphatic heterocycles. The largest absolute Gasteiger partial charge is 0.464 e. The van der Waals surface area contributed by atoms with Gasteiger partial charge in [-0.3, -0.25) is 0 Å². The van der Waals surface area contributed by atoms with E-state index in [-0.39, 0.29) is 5.92 Å². The molecule has 2 heteroatoms. The van der Waals surface area contributed by atoms with E-state index in [1.54, 1.807) is 6.26 Å². The molecule has 1 heterocycles. The first-order chi connectivity index (χ1) is 6.33. The predicted octanol–water partition coefficient (Wildman–Crippen LogP) is 3.06. The first-order valence-corrected chi connectivity index (χ1v) is 4.18. The smallest absolute Gasteiger partial charge is 0.134 e. The number of hydrogen-bond acceptors (Lipinski definition) is 2. The van der Waals surface area contributed by atoms with E-state index in [2.05, 4.69) is 6.07 Å². The van der Waals surface area contributed by atoms with Gasteiger partial charge >= 0.3 is 0 Å². The van der Waals surface area contributed by atoms with Gasteiger partial charge in [-0.2, -0.15) is 5.26 Å². The first kappa shape index (κ1) is 7.88. The van der Waals surface area contributed by atoms with E-state index in [4.69, 9.17) is 9.68 Å². The average molecular weight is 171 g/mol. The van der Waals surface area contributed by atoms with Crippen LogP contribution in [-0.4, -0.2) is 0 Å². The fraction of sp³-hybridized carbons (Fsp3) is 0.182. The molecule has 1 unspecified atom stereocenters. The van der Waals surface area contributed by atoms with E-state index >= 15 is 0 Å². The summed E-state index contributed by atoms with van der Waals surface area (Å²) >= 11 is 0. The number of furan rings is 1. The minimum Gasteiger partial charge on any atom is -0.464 e. The van der Waals surface area contributed by atoms with E-state index in [0.717, 1.165) is 16.5 Å². The van der Waals surface area contributed by atoms with Gasteiger partial charge < -0.3 is 4.42 Å². The van der Waals surface area contributed by atoms with Crippen molar-refractivity contribution in [2.75, 3.05) is 0 Å². The number of para-hydroxylation sites is 1. The highest BCUT2D eigenvalue weighted by Gasteiger charge is 2.10. The molecule has 0 saturated carbocycles. The summed E-state index contributed by atoms with van der Waals surface area (Å²) in [7, 11) is 0. The lowest BCUT2D eigenvalue weighted by atomic mass is 10.0. The molecule has 1 atom stereocenters. The fourth-order valence-electron chi connectivity index (χ4n) is 1.40. The summed E-state index contributed by atoms with van der Waals surface area (Å²) in [4.78, 5) is 0. The molecule has 0 bridgehead atoms. The summed E-state index contributed by atoms with van der Waals surface area (Å²) in [5, 5.41) is 9.81. The number of nitriles is 1. The molecule has 0 saturated heterocycles. The second-order valence-electron chi connectivity index (χ2n) is 3.04. The van der Waals surface area contributed by atoms with Crippen molar-refractivity contribution in [2.45, 2.75) is 12.8 Å². The van der Waals surface area contributed by atoms with Crippen LogP contribution in [0.1, 0.15) is 18.4 Å². The average Bonchev–Trinajstić information content (AvgIpc) is 2.60. The molecule has 2 aromatic rings. The highest BCUT2D eigenvalue weighted by atomic mass is 16.3. The van der Waals surface area contributed by atoms with Crippen LogP contribution < -0.4 is 0 Å². The van der Waals surface area contributed by atoms with Crippen LogP contribution in [0.25, 0.3) is 11.0 Å². The van der Waals surface area contributed by atoms with Gasteiger partial charge in [0.1, 0.15) is 5.58 Å². The van der Waals surface area contributed by atoms with Crippen molar-refractivity contribution in [1.82, 2.24) is 0 Å². The fourth-order valence-corrected chi connectivity index (χ4v) is 1.40. The van der Waals surface area contributed by atoms with Crippen LogP contribution in [0.4, 0.5) is 0 Å². The molecule has 1 aromatic heterocycles. The van der Waals surface area contributed by atoms with Crippen molar-refractivity contribution in [2.24, 2.45) is 0 Å². The lowest BCUT2D eigenvalue weighted by Crippen LogP contribution is -1.85. The zero-order chi connectivity index (χ0) is 9.26. The summed E-state index contributed by atoms with van der Waals surface area (Å²) in [6.45, 7) is 1.87. The topological polar surface area (TPSA) is 36.9 Å². The maximum atomic E-state index is 8.77. The Kier molecular flexibility index (Phi) is 1.79. The van der Waals surface area contributed by atoms with E-state index in [1.165, 1.54) is 0 Å². The minimum absolute atomic E-state index is 0.108. The number of fused-ring (bicyclic) bond motifs is 1. The van der Waals surface area contributed by atoms with Crippen LogP contribution in [0.3, 0.4) is 0 Å². The normalized spacial score (nSPS) is 12.6. The van der Waals surface area contributed by atoms with Crippen LogP contribution in [0.2, 0.25) is 0 Å². The summed E-state index contributed by atoms with van der Waals surface area (Å²) in [6.07, 6.45) is 1.67. The number of rotatable bonds is 1. The minimum atomic E-state index is -0.108. The van der Waals surface area contributed by atoms with Crippen molar-refractivity contribution >= 4 is 11.0 Å². The van der Waals surface area contributed by atoms with Crippen molar-refractivity contribution < 1.29 is 4.42 Å². The highest BCUT2D eigenvalue weighted by molar-refractivity contribution is 5.81. The Morgan fingerprint density at radius 1 is 1.38 bits per heavy atom. The van der Waals surface area contributed by atoms with Crippen molar-refractivity contribution in [1.29, 1.82) is 5.26 Å². The van der Waals surface area contributed by atoms with E-state index in [0.29, 0.717) is 0 Å². The molecular weight excluding hydrogens is 162 g/mol. The zero-order valence-electron chi connectivity index (χ0n) is 7.32. The summed E-state index contributed by atoms with van der Waals surface area (Å²) < 4.78 is 5.32. The second-order valence-corrected chi connectivity index (χ2v) is 3.04. The Hall–Kier alpha value is -1.75. The molecule has 0 fully saturated rings. The van der Waals surface area contributed by atoms with Gasteiger partial charge in [-0.15, -0.1) is 0 Å². The monoisotopic (exact) mass is 171 g/mol. The van der Waals surface area contributed by atoms with Gasteiger partial charge in [-0.1, -0.05) is 18.2 Å². The van der Waals surface area contributed by atoms with Crippen molar-refractivity contribution in [3.63, 3.8) is 0 Å². The Morgan fingerprint density at radius 2 is 2.15 bits per heavy atom. The van der Waals surface area contributed by atoms with E-state index in [9.17, 15) is 0 Å². The third-order valence-electron chi connectivity index (χ3n) is 2.17. The molecular formula is C11H9NO. The van der Waals surface area contributed by atoms with Crippen LogP contribution in [0.5, 0.6) is 0 Å².